The third-order valence-corrected chi connectivity index (χ3v) is 2.36. The summed E-state index contributed by atoms with van der Waals surface area (Å²) < 4.78 is 26.2. The molecule has 1 aliphatic heterocycles. The zero-order chi connectivity index (χ0) is 11.0. The lowest BCUT2D eigenvalue weighted by Crippen LogP contribution is -2.38. The van der Waals surface area contributed by atoms with E-state index in [0.717, 1.165) is 12.1 Å². The van der Waals surface area contributed by atoms with Gasteiger partial charge in [-0.05, 0) is 12.5 Å². The fourth-order valence-electron chi connectivity index (χ4n) is 1.57. The topological polar surface area (TPSA) is 41.1 Å². The average Bonchev–Trinajstić information content (AvgIpc) is 2.16. The summed E-state index contributed by atoms with van der Waals surface area (Å²) >= 11 is 0. The highest BCUT2D eigenvalue weighted by atomic mass is 19.1. The molecule has 1 aromatic rings. The minimum absolute atomic E-state index is 0.155. The van der Waals surface area contributed by atoms with Crippen LogP contribution in [0.4, 0.5) is 20.2 Å². The van der Waals surface area contributed by atoms with Gasteiger partial charge in [0.25, 0.3) is 0 Å². The van der Waals surface area contributed by atoms with E-state index in [-0.39, 0.29) is 17.3 Å². The van der Waals surface area contributed by atoms with Crippen LogP contribution in [0.15, 0.2) is 12.1 Å². The van der Waals surface area contributed by atoms with E-state index in [1.165, 1.54) is 0 Å². The first-order chi connectivity index (χ1) is 7.11. The summed E-state index contributed by atoms with van der Waals surface area (Å²) in [6, 6.07) is 1.42. The molecule has 1 heterocycles. The summed E-state index contributed by atoms with van der Waals surface area (Å²) in [7, 11) is 0. The van der Waals surface area contributed by atoms with Crippen molar-refractivity contribution in [3.05, 3.63) is 23.8 Å². The van der Waals surface area contributed by atoms with Crippen LogP contribution in [0.3, 0.4) is 0 Å². The van der Waals surface area contributed by atoms with Crippen molar-refractivity contribution >= 4 is 17.3 Å². The Morgan fingerprint density at radius 2 is 2.13 bits per heavy atom. The molecule has 2 N–H and O–H groups in total. The van der Waals surface area contributed by atoms with Gasteiger partial charge in [-0.25, -0.2) is 8.78 Å². The molecule has 1 aromatic carbocycles. The minimum Gasteiger partial charge on any atom is -0.370 e. The summed E-state index contributed by atoms with van der Waals surface area (Å²) in [6.07, 6.45) is 0.544. The van der Waals surface area contributed by atoms with Gasteiger partial charge >= 0.3 is 0 Å². The van der Waals surface area contributed by atoms with Crippen LogP contribution in [0.1, 0.15) is 13.3 Å². The quantitative estimate of drug-likeness (QED) is 0.748. The number of hydrogen-bond acceptors (Lipinski definition) is 2. The molecule has 1 aliphatic rings. The Morgan fingerprint density at radius 1 is 1.40 bits per heavy atom. The highest BCUT2D eigenvalue weighted by molar-refractivity contribution is 6.02. The van der Waals surface area contributed by atoms with Crippen molar-refractivity contribution in [2.45, 2.75) is 19.4 Å². The molecule has 80 valence electrons. The normalized spacial score (nSPS) is 19.1. The molecular weight excluding hydrogens is 202 g/mol. The molecule has 1 atom stereocenters. The van der Waals surface area contributed by atoms with Crippen LogP contribution in [-0.4, -0.2) is 11.9 Å². The third-order valence-electron chi connectivity index (χ3n) is 2.36. The number of carbonyl (C=O) groups excluding carboxylic acids is 1. The van der Waals surface area contributed by atoms with Crippen LogP contribution in [0.2, 0.25) is 0 Å². The molecule has 2 rings (SSSR count). The lowest BCUT2D eigenvalue weighted by molar-refractivity contribution is -0.117. The van der Waals surface area contributed by atoms with E-state index in [9.17, 15) is 13.6 Å². The predicted molar refractivity (Wildman–Crippen MR) is 52.7 cm³/mol. The van der Waals surface area contributed by atoms with Crippen LogP contribution in [0.25, 0.3) is 0 Å². The number of amides is 1. The van der Waals surface area contributed by atoms with Gasteiger partial charge in [0.1, 0.15) is 11.9 Å². The average molecular weight is 212 g/mol. The van der Waals surface area contributed by atoms with Gasteiger partial charge in [-0.15, -0.1) is 0 Å². The fraction of sp³-hybridized carbons (Fsp3) is 0.300. The maximum atomic E-state index is 13.3. The van der Waals surface area contributed by atoms with Crippen LogP contribution >= 0.6 is 0 Å². The summed E-state index contributed by atoms with van der Waals surface area (Å²) in [6.45, 7) is 1.81. The van der Waals surface area contributed by atoms with Crippen molar-refractivity contribution in [2.24, 2.45) is 0 Å². The van der Waals surface area contributed by atoms with Crippen LogP contribution in [0.5, 0.6) is 0 Å². The molecule has 0 saturated heterocycles. The van der Waals surface area contributed by atoms with Crippen molar-refractivity contribution in [3.63, 3.8) is 0 Å². The number of rotatable bonds is 1. The van der Waals surface area contributed by atoms with Gasteiger partial charge in [-0.1, -0.05) is 6.92 Å². The molecular formula is C10H10F2N2O. The summed E-state index contributed by atoms with van der Waals surface area (Å²) in [5.41, 5.74) is 0.310. The van der Waals surface area contributed by atoms with Crippen LogP contribution in [-0.2, 0) is 4.79 Å². The number of hydrogen-bond donors (Lipinski definition) is 2. The zero-order valence-corrected chi connectivity index (χ0v) is 8.10. The number of anilines is 2. The monoisotopic (exact) mass is 212 g/mol. The standard InChI is InChI=1S/C10H10F2N2O/c1-2-7-10(15)14-8-4-5(11)3-6(12)9(8)13-7/h3-4,7,13H,2H2,1H3,(H,14,15). The Morgan fingerprint density at radius 3 is 2.80 bits per heavy atom. The SMILES string of the molecule is CCC1Nc2c(F)cc(F)cc2NC1=O. The van der Waals surface area contributed by atoms with E-state index in [1.807, 2.05) is 6.92 Å². The molecule has 0 fully saturated rings. The Labute approximate surface area is 85.5 Å². The van der Waals surface area contributed by atoms with Gasteiger partial charge in [-0.2, -0.15) is 0 Å². The number of halogens is 2. The Kier molecular flexibility index (Phi) is 2.30. The smallest absolute Gasteiger partial charge is 0.246 e. The maximum absolute atomic E-state index is 13.3. The number of carbonyl (C=O) groups is 1. The molecule has 0 aromatic heterocycles. The molecule has 0 radical (unpaired) electrons. The van der Waals surface area contributed by atoms with Gasteiger partial charge in [0, 0.05) is 6.07 Å². The van der Waals surface area contributed by atoms with Gasteiger partial charge in [0.05, 0.1) is 11.4 Å². The van der Waals surface area contributed by atoms with Gasteiger partial charge in [0.15, 0.2) is 5.82 Å². The zero-order valence-electron chi connectivity index (χ0n) is 8.10. The first-order valence-electron chi connectivity index (χ1n) is 4.68. The molecule has 1 amide bonds. The molecule has 0 aliphatic carbocycles. The van der Waals surface area contributed by atoms with E-state index in [0.29, 0.717) is 6.42 Å². The lowest BCUT2D eigenvalue weighted by atomic mass is 10.1. The minimum atomic E-state index is -0.705. The van der Waals surface area contributed by atoms with Gasteiger partial charge < -0.3 is 10.6 Å². The maximum Gasteiger partial charge on any atom is 0.246 e. The van der Waals surface area contributed by atoms with E-state index >= 15 is 0 Å². The molecule has 3 nitrogen and oxygen atoms in total. The summed E-state index contributed by atoms with van der Waals surface area (Å²) in [4.78, 5) is 11.4. The molecule has 1 unspecified atom stereocenters. The first kappa shape index (κ1) is 9.89. The second-order valence-corrected chi connectivity index (χ2v) is 3.40. The summed E-state index contributed by atoms with van der Waals surface area (Å²) in [5.74, 6) is -1.67. The van der Waals surface area contributed by atoms with E-state index in [4.69, 9.17) is 0 Å². The third kappa shape index (κ3) is 1.65. The van der Waals surface area contributed by atoms with Crippen LogP contribution < -0.4 is 10.6 Å². The van der Waals surface area contributed by atoms with Crippen molar-refractivity contribution < 1.29 is 13.6 Å². The van der Waals surface area contributed by atoms with Gasteiger partial charge in [0.2, 0.25) is 5.91 Å². The number of benzene rings is 1. The van der Waals surface area contributed by atoms with Crippen molar-refractivity contribution in [1.29, 1.82) is 0 Å². The Bertz CT molecular complexity index is 420. The molecule has 15 heavy (non-hydrogen) atoms. The van der Waals surface area contributed by atoms with E-state index in [2.05, 4.69) is 10.6 Å². The second-order valence-electron chi connectivity index (χ2n) is 3.40. The number of fused-ring (bicyclic) bond motifs is 1. The van der Waals surface area contributed by atoms with Crippen molar-refractivity contribution in [2.75, 3.05) is 10.6 Å². The molecule has 0 saturated carbocycles. The predicted octanol–water partition coefficient (Wildman–Crippen LogP) is 2.11. The first-order valence-corrected chi connectivity index (χ1v) is 4.68. The van der Waals surface area contributed by atoms with Gasteiger partial charge in [-0.3, -0.25) is 4.79 Å². The van der Waals surface area contributed by atoms with E-state index < -0.39 is 17.7 Å². The highest BCUT2D eigenvalue weighted by Crippen LogP contribution is 2.30. The molecule has 5 heteroatoms. The van der Waals surface area contributed by atoms with Crippen molar-refractivity contribution in [1.82, 2.24) is 0 Å². The van der Waals surface area contributed by atoms with E-state index in [1.54, 1.807) is 0 Å². The fourth-order valence-corrected chi connectivity index (χ4v) is 1.57. The molecule has 0 spiro atoms. The largest absolute Gasteiger partial charge is 0.370 e. The summed E-state index contributed by atoms with van der Waals surface area (Å²) in [5, 5.41) is 5.20. The van der Waals surface area contributed by atoms with Crippen molar-refractivity contribution in [3.8, 4) is 0 Å². The highest BCUT2D eigenvalue weighted by Gasteiger charge is 2.26. The van der Waals surface area contributed by atoms with Crippen LogP contribution in [0, 0.1) is 11.6 Å². The Balaban J connectivity index is 2.45. The Hall–Kier alpha value is -1.65. The number of nitrogens with one attached hydrogen (secondary N) is 2. The molecule has 0 bridgehead atoms. The lowest BCUT2D eigenvalue weighted by Gasteiger charge is -2.26. The second kappa shape index (κ2) is 3.49.